The molecule has 0 aliphatic rings. The van der Waals surface area contributed by atoms with Gasteiger partial charge in [-0.1, -0.05) is 42.0 Å². The fourth-order valence-electron chi connectivity index (χ4n) is 2.29. The molecule has 2 aromatic carbocycles. The van der Waals surface area contributed by atoms with E-state index in [-0.39, 0.29) is 4.90 Å². The summed E-state index contributed by atoms with van der Waals surface area (Å²) in [6.45, 7) is 1.82. The van der Waals surface area contributed by atoms with Crippen molar-refractivity contribution in [2.24, 2.45) is 0 Å². The third kappa shape index (κ3) is 6.98. The number of anilines is 1. The van der Waals surface area contributed by atoms with Crippen molar-refractivity contribution in [1.29, 1.82) is 0 Å². The topological polar surface area (TPSA) is 74.6 Å². The molecule has 0 saturated heterocycles. The number of hydrogen-bond acceptors (Lipinski definition) is 4. The first-order valence-electron chi connectivity index (χ1n) is 8.70. The largest absolute Gasteiger partial charge is 0.744 e. The third-order valence-corrected chi connectivity index (χ3v) is 4.78. The fraction of sp³-hybridized carbons (Fsp3) is 0.136. The minimum absolute atomic E-state index is 0.178. The monoisotopic (exact) mass is 396 g/mol. The van der Waals surface area contributed by atoms with Crippen LogP contribution in [0.1, 0.15) is 16.7 Å². The lowest BCUT2D eigenvalue weighted by Crippen LogP contribution is -2.07. The van der Waals surface area contributed by atoms with E-state index in [1.54, 1.807) is 12.1 Å². The number of pyridine rings is 1. The minimum atomic E-state index is -4.27. The quantitative estimate of drug-likeness (QED) is 0.631. The molecule has 0 unspecified atom stereocenters. The van der Waals surface area contributed by atoms with Crippen molar-refractivity contribution in [1.82, 2.24) is 0 Å². The molecule has 1 N–H and O–H groups in total. The maximum absolute atomic E-state index is 10.4. The first kappa shape index (κ1) is 21.3. The van der Waals surface area contributed by atoms with Crippen LogP contribution < -0.4 is 9.88 Å². The van der Waals surface area contributed by atoms with Crippen LogP contribution in [0.2, 0.25) is 0 Å². The van der Waals surface area contributed by atoms with E-state index >= 15 is 0 Å². The summed E-state index contributed by atoms with van der Waals surface area (Å²) in [4.78, 5) is 4.93. The van der Waals surface area contributed by atoms with Gasteiger partial charge in [-0.15, -0.1) is 0 Å². The van der Waals surface area contributed by atoms with Gasteiger partial charge in [0.15, 0.2) is 12.4 Å². The predicted molar refractivity (Wildman–Crippen MR) is 112 cm³/mol. The van der Waals surface area contributed by atoms with Crippen LogP contribution in [0, 0.1) is 6.92 Å². The van der Waals surface area contributed by atoms with Crippen LogP contribution in [0.25, 0.3) is 12.2 Å². The van der Waals surface area contributed by atoms with Gasteiger partial charge in [0.2, 0.25) is 0 Å². The lowest BCUT2D eigenvalue weighted by molar-refractivity contribution is -0.378. The fourth-order valence-corrected chi connectivity index (χ4v) is 2.76. The zero-order chi connectivity index (χ0) is 20.6. The van der Waals surface area contributed by atoms with Crippen LogP contribution in [0.5, 0.6) is 0 Å². The van der Waals surface area contributed by atoms with Crippen molar-refractivity contribution in [3.05, 3.63) is 89.7 Å². The Balaban J connectivity index is 0.000000221. The Labute approximate surface area is 166 Å². The Morgan fingerprint density at radius 2 is 1.32 bits per heavy atom. The normalized spacial score (nSPS) is 11.0. The summed E-state index contributed by atoms with van der Waals surface area (Å²) < 4.78 is 31.2. The molecule has 1 aromatic heterocycles. The highest BCUT2D eigenvalue weighted by molar-refractivity contribution is 7.85. The summed E-state index contributed by atoms with van der Waals surface area (Å²) in [6.07, 6.45) is 8.08. The number of nitrogens with zero attached hydrogens (tertiary/aromatic N) is 1. The molecule has 0 amide bonds. The van der Waals surface area contributed by atoms with Gasteiger partial charge in [-0.2, -0.15) is 0 Å². The standard InChI is InChI=1S/C15H16N2.C7H8O3S/c1-17(2)15-7-5-13(6-8-15)3-4-14-9-11-16-12-10-14;1-6-2-4-7(5-3-6)11(8,9)10/h3-12H,1-2H3;2-5H,1H3,(H,8,9,10)/b4-3+;. The summed E-state index contributed by atoms with van der Waals surface area (Å²) in [5.41, 5.74) is 4.55. The van der Waals surface area contributed by atoms with Crippen LogP contribution in [-0.2, 0) is 10.1 Å². The molecule has 1 heterocycles. The van der Waals surface area contributed by atoms with Gasteiger partial charge in [0, 0.05) is 31.9 Å². The van der Waals surface area contributed by atoms with Crippen LogP contribution >= 0.6 is 0 Å². The molecule has 0 bridgehead atoms. The summed E-state index contributed by atoms with van der Waals surface area (Å²) in [6, 6.07) is 18.4. The number of hydrogen-bond donors (Lipinski definition) is 0. The molecule has 0 fully saturated rings. The van der Waals surface area contributed by atoms with E-state index in [4.69, 9.17) is 0 Å². The maximum atomic E-state index is 10.4. The van der Waals surface area contributed by atoms with Crippen LogP contribution in [-0.4, -0.2) is 27.1 Å². The zero-order valence-corrected chi connectivity index (χ0v) is 17.0. The Hall–Kier alpha value is -2.96. The summed E-state index contributed by atoms with van der Waals surface area (Å²) in [5, 5.41) is 0. The smallest absolute Gasteiger partial charge is 0.167 e. The molecule has 3 rings (SSSR count). The van der Waals surface area contributed by atoms with Crippen LogP contribution in [0.3, 0.4) is 0 Å². The van der Waals surface area contributed by atoms with Gasteiger partial charge < -0.3 is 9.45 Å². The lowest BCUT2D eigenvalue weighted by Gasteiger charge is -2.11. The summed E-state index contributed by atoms with van der Waals surface area (Å²) in [7, 11) is -0.176. The SMILES string of the molecule is CN(C)c1ccc(/C=C/c2cc[nH+]cc2)cc1.Cc1ccc(S(=O)(=O)[O-])cc1. The Morgan fingerprint density at radius 3 is 1.79 bits per heavy atom. The Bertz CT molecular complexity index is 996. The number of aryl methyl sites for hydroxylation is 1. The summed E-state index contributed by atoms with van der Waals surface area (Å²) >= 11 is 0. The van der Waals surface area contributed by atoms with Crippen LogP contribution in [0.4, 0.5) is 5.69 Å². The number of rotatable bonds is 4. The van der Waals surface area contributed by atoms with Crippen molar-refractivity contribution < 1.29 is 18.0 Å². The molecule has 0 atom stereocenters. The van der Waals surface area contributed by atoms with Crippen molar-refractivity contribution in [2.75, 3.05) is 19.0 Å². The summed E-state index contributed by atoms with van der Waals surface area (Å²) in [5.74, 6) is 0. The molecule has 0 aliphatic carbocycles. The van der Waals surface area contributed by atoms with Gasteiger partial charge in [0.1, 0.15) is 10.1 Å². The lowest BCUT2D eigenvalue weighted by atomic mass is 10.1. The van der Waals surface area contributed by atoms with E-state index in [0.717, 1.165) is 5.56 Å². The molecule has 0 radical (unpaired) electrons. The van der Waals surface area contributed by atoms with Crippen LogP contribution in [0.15, 0.2) is 78.0 Å². The molecule has 6 heteroatoms. The van der Waals surface area contributed by atoms with Crippen molar-refractivity contribution in [2.45, 2.75) is 11.8 Å². The maximum Gasteiger partial charge on any atom is 0.167 e. The Morgan fingerprint density at radius 1 is 0.821 bits per heavy atom. The van der Waals surface area contributed by atoms with Gasteiger partial charge in [0.25, 0.3) is 0 Å². The highest BCUT2D eigenvalue weighted by Gasteiger charge is 1.98. The number of aromatic amines is 1. The molecular formula is C22H24N2O3S. The van der Waals surface area contributed by atoms with Crippen molar-refractivity contribution >= 4 is 28.0 Å². The van der Waals surface area contributed by atoms with E-state index in [1.165, 1.54) is 28.9 Å². The van der Waals surface area contributed by atoms with Gasteiger partial charge in [-0.25, -0.2) is 13.4 Å². The number of aromatic nitrogens is 1. The second-order valence-electron chi connectivity index (χ2n) is 6.42. The second-order valence-corrected chi connectivity index (χ2v) is 7.80. The number of H-pyrrole nitrogens is 1. The average Bonchev–Trinajstić information content (AvgIpc) is 2.68. The van der Waals surface area contributed by atoms with Gasteiger partial charge >= 0.3 is 0 Å². The molecule has 146 valence electrons. The van der Waals surface area contributed by atoms with E-state index in [0.29, 0.717) is 0 Å². The first-order valence-corrected chi connectivity index (χ1v) is 10.1. The highest BCUT2D eigenvalue weighted by Crippen LogP contribution is 2.14. The van der Waals surface area contributed by atoms with Crippen molar-refractivity contribution in [3.63, 3.8) is 0 Å². The molecule has 5 nitrogen and oxygen atoms in total. The third-order valence-electron chi connectivity index (χ3n) is 3.93. The van der Waals surface area contributed by atoms with Crippen molar-refractivity contribution in [3.8, 4) is 0 Å². The molecule has 0 saturated carbocycles. The highest BCUT2D eigenvalue weighted by atomic mass is 32.2. The first-order chi connectivity index (χ1) is 13.3. The zero-order valence-electron chi connectivity index (χ0n) is 16.2. The number of nitrogens with one attached hydrogen (secondary N) is 1. The van der Waals surface area contributed by atoms with E-state index < -0.39 is 10.1 Å². The minimum Gasteiger partial charge on any atom is -0.744 e. The van der Waals surface area contributed by atoms with Gasteiger partial charge in [0.05, 0.1) is 4.90 Å². The van der Waals surface area contributed by atoms with Gasteiger partial charge in [-0.3, -0.25) is 0 Å². The van der Waals surface area contributed by atoms with E-state index in [9.17, 15) is 13.0 Å². The molecular weight excluding hydrogens is 372 g/mol. The molecule has 28 heavy (non-hydrogen) atoms. The Kier molecular flexibility index (Phi) is 7.49. The second kappa shape index (κ2) is 9.82. The average molecular weight is 397 g/mol. The number of benzene rings is 2. The van der Waals surface area contributed by atoms with E-state index in [2.05, 4.69) is 46.3 Å². The van der Waals surface area contributed by atoms with E-state index in [1.807, 2.05) is 45.5 Å². The molecule has 3 aromatic rings. The van der Waals surface area contributed by atoms with Gasteiger partial charge in [-0.05, 0) is 42.3 Å². The molecule has 0 aliphatic heterocycles. The molecule has 0 spiro atoms. The predicted octanol–water partition coefficient (Wildman–Crippen LogP) is 3.64.